The number of furan rings is 2. The lowest BCUT2D eigenvalue weighted by molar-refractivity contribution is 0.668. The Bertz CT molecular complexity index is 2830. The van der Waals surface area contributed by atoms with E-state index in [1.807, 2.05) is 48.5 Å². The SMILES string of the molecule is c1ccc2cc(-c3nc(-c4cc5ccccc5c5c4oc4ccccc45)nc(-c4cccc5oc6ccccc6c45)n3)ccc2c1. The van der Waals surface area contributed by atoms with Gasteiger partial charge in [0, 0.05) is 32.7 Å². The molecule has 3 aromatic heterocycles. The molecule has 0 N–H and O–H groups in total. The highest BCUT2D eigenvalue weighted by molar-refractivity contribution is 6.22. The lowest BCUT2D eigenvalue weighted by Crippen LogP contribution is -2.01. The Kier molecular flexibility index (Phi) is 5.22. The van der Waals surface area contributed by atoms with Gasteiger partial charge in [-0.1, -0.05) is 109 Å². The van der Waals surface area contributed by atoms with Gasteiger partial charge in [-0.05, 0) is 51.9 Å². The maximum Gasteiger partial charge on any atom is 0.167 e. The van der Waals surface area contributed by atoms with Gasteiger partial charge in [-0.2, -0.15) is 0 Å². The van der Waals surface area contributed by atoms with Crippen LogP contribution in [0.15, 0.2) is 148 Å². The fourth-order valence-corrected chi connectivity index (χ4v) is 6.78. The van der Waals surface area contributed by atoms with Crippen molar-refractivity contribution in [1.82, 2.24) is 15.0 Å². The van der Waals surface area contributed by atoms with Crippen LogP contribution in [0, 0.1) is 0 Å². The van der Waals surface area contributed by atoms with Crippen LogP contribution in [0.4, 0.5) is 0 Å². The van der Waals surface area contributed by atoms with Crippen LogP contribution in [0.2, 0.25) is 0 Å². The third-order valence-electron chi connectivity index (χ3n) is 8.90. The molecule has 0 fully saturated rings. The van der Waals surface area contributed by atoms with Crippen LogP contribution in [0.3, 0.4) is 0 Å². The Morgan fingerprint density at radius 1 is 0.370 bits per heavy atom. The first kappa shape index (κ1) is 25.0. The molecule has 0 aliphatic heterocycles. The summed E-state index contributed by atoms with van der Waals surface area (Å²) in [5.74, 6) is 1.71. The first-order valence-corrected chi connectivity index (χ1v) is 15.3. The summed E-state index contributed by atoms with van der Waals surface area (Å²) in [6.45, 7) is 0. The van der Waals surface area contributed by atoms with Crippen LogP contribution in [0.5, 0.6) is 0 Å². The van der Waals surface area contributed by atoms with Gasteiger partial charge < -0.3 is 8.83 Å². The van der Waals surface area contributed by atoms with Gasteiger partial charge in [0.1, 0.15) is 22.3 Å². The topological polar surface area (TPSA) is 65.0 Å². The van der Waals surface area contributed by atoms with E-state index in [2.05, 4.69) is 91.0 Å². The van der Waals surface area contributed by atoms with Crippen molar-refractivity contribution in [3.63, 3.8) is 0 Å². The lowest BCUT2D eigenvalue weighted by atomic mass is 9.99. The maximum absolute atomic E-state index is 6.60. The van der Waals surface area contributed by atoms with E-state index in [0.29, 0.717) is 17.5 Å². The van der Waals surface area contributed by atoms with Crippen molar-refractivity contribution < 1.29 is 8.83 Å². The lowest BCUT2D eigenvalue weighted by Gasteiger charge is -2.11. The van der Waals surface area contributed by atoms with E-state index in [-0.39, 0.29) is 0 Å². The number of fused-ring (bicyclic) bond motifs is 9. The Hall–Kier alpha value is -6.33. The molecule has 0 amide bonds. The minimum atomic E-state index is 0.549. The van der Waals surface area contributed by atoms with E-state index in [4.69, 9.17) is 23.8 Å². The molecule has 5 nitrogen and oxygen atoms in total. The zero-order chi connectivity index (χ0) is 30.2. The predicted octanol–water partition coefficient (Wildman–Crippen LogP) is 11.0. The average molecular weight is 590 g/mol. The summed E-state index contributed by atoms with van der Waals surface area (Å²) in [6, 6.07) is 47.5. The molecule has 10 rings (SSSR count). The monoisotopic (exact) mass is 589 g/mol. The summed E-state index contributed by atoms with van der Waals surface area (Å²) >= 11 is 0. The molecule has 7 aromatic carbocycles. The van der Waals surface area contributed by atoms with Crippen LogP contribution < -0.4 is 0 Å². The van der Waals surface area contributed by atoms with Gasteiger partial charge in [0.25, 0.3) is 0 Å². The predicted molar refractivity (Wildman–Crippen MR) is 186 cm³/mol. The number of aromatic nitrogens is 3. The normalized spacial score (nSPS) is 11.9. The molecule has 0 unspecified atom stereocenters. The Morgan fingerprint density at radius 2 is 0.978 bits per heavy atom. The molecule has 0 spiro atoms. The third kappa shape index (κ3) is 3.72. The van der Waals surface area contributed by atoms with Crippen LogP contribution in [0.1, 0.15) is 0 Å². The van der Waals surface area contributed by atoms with Crippen molar-refractivity contribution in [2.75, 3.05) is 0 Å². The molecule has 0 radical (unpaired) electrons. The number of nitrogens with zero attached hydrogens (tertiary/aromatic N) is 3. The van der Waals surface area contributed by atoms with E-state index in [1.54, 1.807) is 0 Å². The molecule has 0 atom stereocenters. The summed E-state index contributed by atoms with van der Waals surface area (Å²) < 4.78 is 12.8. The summed E-state index contributed by atoms with van der Waals surface area (Å²) in [5, 5.41) is 8.62. The number of rotatable bonds is 3. The number of hydrogen-bond acceptors (Lipinski definition) is 5. The van der Waals surface area contributed by atoms with Gasteiger partial charge in [0.05, 0.1) is 5.56 Å². The molecule has 5 heteroatoms. The molecule has 0 bridgehead atoms. The second-order valence-electron chi connectivity index (χ2n) is 11.6. The van der Waals surface area contributed by atoms with Gasteiger partial charge in [-0.25, -0.2) is 15.0 Å². The standard InChI is InChI=1S/C41H23N3O2/c1-2-11-25-22-27(21-20-24(25)10-1)39-42-40(31-16-9-19-35-36(31)29-14-5-7-17-33(29)45-35)44-41(43-39)32-23-26-12-3-4-13-28(26)37-30-15-6-8-18-34(30)46-38(32)37/h1-23H. The molecule has 0 aliphatic carbocycles. The molecule has 46 heavy (non-hydrogen) atoms. The molecule has 0 aliphatic rings. The van der Waals surface area contributed by atoms with Crippen LogP contribution in [-0.4, -0.2) is 15.0 Å². The fraction of sp³-hybridized carbons (Fsp3) is 0. The summed E-state index contributed by atoms with van der Waals surface area (Å²) in [7, 11) is 0. The van der Waals surface area contributed by atoms with E-state index in [1.165, 1.54) is 0 Å². The Labute approximate surface area is 262 Å². The van der Waals surface area contributed by atoms with Crippen molar-refractivity contribution >= 4 is 65.4 Å². The molecule has 3 heterocycles. The highest BCUT2D eigenvalue weighted by Crippen LogP contribution is 2.41. The van der Waals surface area contributed by atoms with E-state index < -0.39 is 0 Å². The molecule has 214 valence electrons. The second-order valence-corrected chi connectivity index (χ2v) is 11.6. The van der Waals surface area contributed by atoms with Gasteiger partial charge >= 0.3 is 0 Å². The van der Waals surface area contributed by atoms with Gasteiger partial charge in [0.15, 0.2) is 17.5 Å². The fourth-order valence-electron chi connectivity index (χ4n) is 6.78. The summed E-state index contributed by atoms with van der Waals surface area (Å²) in [6.07, 6.45) is 0. The van der Waals surface area contributed by atoms with Crippen LogP contribution in [0.25, 0.3) is 99.6 Å². The van der Waals surface area contributed by atoms with E-state index >= 15 is 0 Å². The quantitative estimate of drug-likeness (QED) is 0.205. The molecule has 0 saturated heterocycles. The van der Waals surface area contributed by atoms with Crippen molar-refractivity contribution in [2.24, 2.45) is 0 Å². The molecule has 10 aromatic rings. The summed E-state index contributed by atoms with van der Waals surface area (Å²) in [4.78, 5) is 15.5. The van der Waals surface area contributed by atoms with Gasteiger partial charge in [-0.3, -0.25) is 0 Å². The zero-order valence-electron chi connectivity index (χ0n) is 24.4. The number of benzene rings is 7. The largest absolute Gasteiger partial charge is 0.456 e. The van der Waals surface area contributed by atoms with Crippen molar-refractivity contribution in [3.8, 4) is 34.2 Å². The molecular formula is C41H23N3O2. The second kappa shape index (κ2) is 9.58. The highest BCUT2D eigenvalue weighted by Gasteiger charge is 2.22. The van der Waals surface area contributed by atoms with Gasteiger partial charge in [-0.15, -0.1) is 0 Å². The van der Waals surface area contributed by atoms with Crippen LogP contribution in [-0.2, 0) is 0 Å². The first-order valence-electron chi connectivity index (χ1n) is 15.3. The first-order chi connectivity index (χ1) is 22.8. The molecular weight excluding hydrogens is 566 g/mol. The van der Waals surface area contributed by atoms with Gasteiger partial charge in [0.2, 0.25) is 0 Å². The Balaban J connectivity index is 1.31. The summed E-state index contributed by atoms with van der Waals surface area (Å²) in [5.41, 5.74) is 5.82. The van der Waals surface area contributed by atoms with Crippen molar-refractivity contribution in [1.29, 1.82) is 0 Å². The zero-order valence-corrected chi connectivity index (χ0v) is 24.4. The average Bonchev–Trinajstić information content (AvgIpc) is 3.70. The number of para-hydroxylation sites is 2. The number of hydrogen-bond donors (Lipinski definition) is 0. The third-order valence-corrected chi connectivity index (χ3v) is 8.90. The van der Waals surface area contributed by atoms with E-state index in [9.17, 15) is 0 Å². The van der Waals surface area contributed by atoms with Crippen molar-refractivity contribution in [2.45, 2.75) is 0 Å². The minimum Gasteiger partial charge on any atom is -0.456 e. The van der Waals surface area contributed by atoms with E-state index in [0.717, 1.165) is 82.1 Å². The minimum absolute atomic E-state index is 0.549. The smallest absolute Gasteiger partial charge is 0.167 e. The van der Waals surface area contributed by atoms with Crippen LogP contribution >= 0.6 is 0 Å². The Morgan fingerprint density at radius 3 is 1.80 bits per heavy atom. The maximum atomic E-state index is 6.60. The van der Waals surface area contributed by atoms with Crippen molar-refractivity contribution in [3.05, 3.63) is 140 Å². The highest BCUT2D eigenvalue weighted by atomic mass is 16.3. The molecule has 0 saturated carbocycles.